The molecule has 1 aliphatic rings. The van der Waals surface area contributed by atoms with Gasteiger partial charge < -0.3 is 21.3 Å². The molecule has 7 heteroatoms. The fraction of sp³-hybridized carbons (Fsp3) is 0.500. The van der Waals surface area contributed by atoms with Gasteiger partial charge in [0.15, 0.2) is 0 Å². The molecule has 1 aromatic rings. The van der Waals surface area contributed by atoms with E-state index in [2.05, 4.69) is 26.6 Å². The van der Waals surface area contributed by atoms with Gasteiger partial charge in [-0.25, -0.2) is 4.79 Å². The number of hydrogen-bond acceptors (Lipinski definition) is 3. The molecule has 1 heterocycles. The molecule has 4 N–H and O–H groups in total. The average molecular weight is 383 g/mol. The van der Waals surface area contributed by atoms with Crippen LogP contribution in [0.3, 0.4) is 0 Å². The van der Waals surface area contributed by atoms with E-state index in [9.17, 15) is 9.59 Å². The Hall–Kier alpha value is -1.60. The summed E-state index contributed by atoms with van der Waals surface area (Å²) < 4.78 is 0.949. The number of halogens is 1. The quantitative estimate of drug-likeness (QED) is 0.728. The molecular weight excluding hydrogens is 360 g/mol. The van der Waals surface area contributed by atoms with E-state index in [-0.39, 0.29) is 18.0 Å². The number of nitrogens with two attached hydrogens (primary N) is 1. The molecule has 1 aromatic carbocycles. The van der Waals surface area contributed by atoms with Crippen molar-refractivity contribution >= 4 is 33.6 Å². The maximum atomic E-state index is 12.2. The van der Waals surface area contributed by atoms with Crippen molar-refractivity contribution in [2.24, 2.45) is 11.7 Å². The molecular formula is C16H23BrN4O2. The number of carbonyl (C=O) groups excluding carboxylic acids is 2. The SMILES string of the molecule is CC1CC(CN)CN1C(=O)CCNC(=O)Nc1ccc(Br)cc1. The number of carbonyl (C=O) groups is 2. The molecule has 1 fully saturated rings. The minimum Gasteiger partial charge on any atom is -0.340 e. The molecule has 0 saturated carbocycles. The van der Waals surface area contributed by atoms with Gasteiger partial charge in [-0.1, -0.05) is 15.9 Å². The van der Waals surface area contributed by atoms with Crippen molar-refractivity contribution in [3.05, 3.63) is 28.7 Å². The molecule has 3 amide bonds. The number of urea groups is 1. The summed E-state index contributed by atoms with van der Waals surface area (Å²) in [6.45, 7) is 3.70. The topological polar surface area (TPSA) is 87.5 Å². The summed E-state index contributed by atoms with van der Waals surface area (Å²) in [4.78, 5) is 25.9. The van der Waals surface area contributed by atoms with Gasteiger partial charge in [-0.05, 0) is 50.1 Å². The number of nitrogens with zero attached hydrogens (tertiary/aromatic N) is 1. The normalized spacial score (nSPS) is 20.4. The first-order valence-corrected chi connectivity index (χ1v) is 8.59. The lowest BCUT2D eigenvalue weighted by Crippen LogP contribution is -2.37. The number of nitrogens with one attached hydrogen (secondary N) is 2. The summed E-state index contributed by atoms with van der Waals surface area (Å²) in [5.41, 5.74) is 6.38. The molecule has 23 heavy (non-hydrogen) atoms. The van der Waals surface area contributed by atoms with E-state index in [1.54, 1.807) is 12.1 Å². The smallest absolute Gasteiger partial charge is 0.319 e. The predicted molar refractivity (Wildman–Crippen MR) is 94.1 cm³/mol. The highest BCUT2D eigenvalue weighted by Crippen LogP contribution is 2.22. The van der Waals surface area contributed by atoms with Crippen LogP contribution in [0.15, 0.2) is 28.7 Å². The van der Waals surface area contributed by atoms with Crippen molar-refractivity contribution in [3.8, 4) is 0 Å². The summed E-state index contributed by atoms with van der Waals surface area (Å²) in [5, 5.41) is 5.43. The standard InChI is InChI=1S/C16H23BrN4O2/c1-11-8-12(9-18)10-21(11)15(22)6-7-19-16(23)20-14-4-2-13(17)3-5-14/h2-5,11-12H,6-10,18H2,1H3,(H2,19,20,23). The lowest BCUT2D eigenvalue weighted by atomic mass is 10.1. The average Bonchev–Trinajstić information content (AvgIpc) is 2.90. The number of hydrogen-bond donors (Lipinski definition) is 3. The Balaban J connectivity index is 1.71. The van der Waals surface area contributed by atoms with E-state index < -0.39 is 0 Å². The van der Waals surface area contributed by atoms with Gasteiger partial charge in [-0.2, -0.15) is 0 Å². The lowest BCUT2D eigenvalue weighted by molar-refractivity contribution is -0.131. The van der Waals surface area contributed by atoms with Gasteiger partial charge in [0, 0.05) is 35.7 Å². The Bertz CT molecular complexity index is 550. The zero-order valence-electron chi connectivity index (χ0n) is 13.2. The first-order chi connectivity index (χ1) is 11.0. The Labute approximate surface area is 144 Å². The summed E-state index contributed by atoms with van der Waals surface area (Å²) in [5.74, 6) is 0.458. The van der Waals surface area contributed by atoms with Gasteiger partial charge >= 0.3 is 6.03 Å². The molecule has 0 radical (unpaired) electrons. The zero-order valence-corrected chi connectivity index (χ0v) is 14.8. The zero-order chi connectivity index (χ0) is 16.8. The van der Waals surface area contributed by atoms with Gasteiger partial charge in [-0.3, -0.25) is 4.79 Å². The van der Waals surface area contributed by atoms with Crippen LogP contribution in [0.5, 0.6) is 0 Å². The largest absolute Gasteiger partial charge is 0.340 e. The van der Waals surface area contributed by atoms with E-state index in [0.29, 0.717) is 31.1 Å². The summed E-state index contributed by atoms with van der Waals surface area (Å²) in [6, 6.07) is 7.22. The molecule has 2 unspecified atom stereocenters. The van der Waals surface area contributed by atoms with Gasteiger partial charge in [0.1, 0.15) is 0 Å². The van der Waals surface area contributed by atoms with Crippen LogP contribution >= 0.6 is 15.9 Å². The molecule has 0 aliphatic carbocycles. The van der Waals surface area contributed by atoms with E-state index >= 15 is 0 Å². The molecule has 2 rings (SSSR count). The van der Waals surface area contributed by atoms with Gasteiger partial charge in [0.25, 0.3) is 0 Å². The van der Waals surface area contributed by atoms with Crippen molar-refractivity contribution in [1.29, 1.82) is 0 Å². The Morgan fingerprint density at radius 3 is 2.65 bits per heavy atom. The Morgan fingerprint density at radius 2 is 2.04 bits per heavy atom. The van der Waals surface area contributed by atoms with Gasteiger partial charge in [-0.15, -0.1) is 0 Å². The highest BCUT2D eigenvalue weighted by molar-refractivity contribution is 9.10. The second kappa shape index (κ2) is 8.31. The third kappa shape index (κ3) is 5.21. The number of amides is 3. The number of rotatable bonds is 5. The number of anilines is 1. The van der Waals surface area contributed by atoms with Crippen molar-refractivity contribution in [2.45, 2.75) is 25.8 Å². The van der Waals surface area contributed by atoms with Crippen molar-refractivity contribution in [1.82, 2.24) is 10.2 Å². The van der Waals surface area contributed by atoms with Crippen molar-refractivity contribution in [3.63, 3.8) is 0 Å². The minimum atomic E-state index is -0.311. The van der Waals surface area contributed by atoms with Gasteiger partial charge in [0.05, 0.1) is 0 Å². The van der Waals surface area contributed by atoms with E-state index in [1.165, 1.54) is 0 Å². The number of benzene rings is 1. The van der Waals surface area contributed by atoms with Crippen LogP contribution < -0.4 is 16.4 Å². The van der Waals surface area contributed by atoms with Crippen LogP contribution in [0.4, 0.5) is 10.5 Å². The number of likely N-dealkylation sites (tertiary alicyclic amines) is 1. The van der Waals surface area contributed by atoms with E-state index in [0.717, 1.165) is 17.4 Å². The second-order valence-corrected chi connectivity index (χ2v) is 6.79. The molecule has 126 valence electrons. The van der Waals surface area contributed by atoms with E-state index in [4.69, 9.17) is 5.73 Å². The van der Waals surface area contributed by atoms with Crippen LogP contribution in [0.25, 0.3) is 0 Å². The fourth-order valence-electron chi connectivity index (χ4n) is 2.80. The van der Waals surface area contributed by atoms with Crippen LogP contribution in [-0.4, -0.2) is 42.5 Å². The molecule has 2 atom stereocenters. The highest BCUT2D eigenvalue weighted by atomic mass is 79.9. The van der Waals surface area contributed by atoms with Crippen LogP contribution in [0, 0.1) is 5.92 Å². The van der Waals surface area contributed by atoms with Crippen LogP contribution in [0.1, 0.15) is 19.8 Å². The predicted octanol–water partition coefficient (Wildman–Crippen LogP) is 2.16. The third-order valence-corrected chi connectivity index (χ3v) is 4.57. The Morgan fingerprint density at radius 1 is 1.35 bits per heavy atom. The first-order valence-electron chi connectivity index (χ1n) is 7.79. The lowest BCUT2D eigenvalue weighted by Gasteiger charge is -2.21. The van der Waals surface area contributed by atoms with Gasteiger partial charge in [0.2, 0.25) is 5.91 Å². The molecule has 1 aliphatic heterocycles. The van der Waals surface area contributed by atoms with E-state index in [1.807, 2.05) is 24.0 Å². The molecule has 0 aromatic heterocycles. The minimum absolute atomic E-state index is 0.0670. The summed E-state index contributed by atoms with van der Waals surface area (Å²) in [7, 11) is 0. The summed E-state index contributed by atoms with van der Waals surface area (Å²) >= 11 is 3.34. The van der Waals surface area contributed by atoms with Crippen molar-refractivity contribution < 1.29 is 9.59 Å². The molecule has 6 nitrogen and oxygen atoms in total. The van der Waals surface area contributed by atoms with Crippen LogP contribution in [0.2, 0.25) is 0 Å². The van der Waals surface area contributed by atoms with Crippen molar-refractivity contribution in [2.75, 3.05) is 25.0 Å². The molecule has 0 bridgehead atoms. The maximum absolute atomic E-state index is 12.2. The monoisotopic (exact) mass is 382 g/mol. The van der Waals surface area contributed by atoms with Crippen LogP contribution in [-0.2, 0) is 4.79 Å². The first kappa shape index (κ1) is 17.7. The third-order valence-electron chi connectivity index (χ3n) is 4.04. The Kier molecular flexibility index (Phi) is 6.41. The molecule has 1 saturated heterocycles. The fourth-order valence-corrected chi connectivity index (χ4v) is 3.06. The molecule has 0 spiro atoms. The second-order valence-electron chi connectivity index (χ2n) is 5.87. The highest BCUT2D eigenvalue weighted by Gasteiger charge is 2.31. The maximum Gasteiger partial charge on any atom is 0.319 e. The summed E-state index contributed by atoms with van der Waals surface area (Å²) in [6.07, 6.45) is 1.26.